The second-order valence-electron chi connectivity index (χ2n) is 4.09. The third kappa shape index (κ3) is 3.61. The van der Waals surface area contributed by atoms with Crippen LogP contribution in [0.3, 0.4) is 0 Å². The first kappa shape index (κ1) is 14.6. The van der Waals surface area contributed by atoms with E-state index in [9.17, 15) is 4.79 Å². The van der Waals surface area contributed by atoms with Crippen LogP contribution in [-0.2, 0) is 4.79 Å². The van der Waals surface area contributed by atoms with E-state index in [1.54, 1.807) is 11.0 Å². The summed E-state index contributed by atoms with van der Waals surface area (Å²) in [5, 5.41) is 9.40. The number of benzene rings is 1. The number of thioether (sulfide) groups is 1. The highest BCUT2D eigenvalue weighted by molar-refractivity contribution is 7.99. The van der Waals surface area contributed by atoms with Gasteiger partial charge in [0, 0.05) is 13.1 Å². The Balaban J connectivity index is 1.96. The van der Waals surface area contributed by atoms with Crippen LogP contribution < -0.4 is 0 Å². The molecular weight excluding hydrogens is 276 g/mol. The second-order valence-corrected chi connectivity index (χ2v) is 5.01. The van der Waals surface area contributed by atoms with Gasteiger partial charge in [-0.3, -0.25) is 4.79 Å². The van der Waals surface area contributed by atoms with Gasteiger partial charge in [-0.25, -0.2) is 4.98 Å². The Labute approximate surface area is 121 Å². The number of carbonyl (C=O) groups excluding carboxylic acids is 1. The Hall–Kier alpha value is -1.79. The van der Waals surface area contributed by atoms with Gasteiger partial charge < -0.3 is 14.4 Å². The number of amides is 1. The van der Waals surface area contributed by atoms with E-state index in [0.717, 1.165) is 5.52 Å². The zero-order chi connectivity index (χ0) is 14.4. The largest absolute Gasteiger partial charge is 0.431 e. The van der Waals surface area contributed by atoms with Crippen molar-refractivity contribution in [2.75, 3.05) is 25.4 Å². The first-order valence-corrected chi connectivity index (χ1v) is 7.21. The van der Waals surface area contributed by atoms with E-state index in [1.165, 1.54) is 11.8 Å². The molecule has 0 spiro atoms. The zero-order valence-corrected chi connectivity index (χ0v) is 11.8. The van der Waals surface area contributed by atoms with Crippen LogP contribution in [-0.4, -0.2) is 46.3 Å². The Morgan fingerprint density at radius 2 is 2.30 bits per heavy atom. The minimum absolute atomic E-state index is 0.0624. The molecule has 1 aromatic heterocycles. The van der Waals surface area contributed by atoms with Crippen molar-refractivity contribution in [3.8, 4) is 0 Å². The van der Waals surface area contributed by atoms with Crippen LogP contribution in [0.15, 0.2) is 46.6 Å². The maximum atomic E-state index is 12.0. The van der Waals surface area contributed by atoms with Crippen LogP contribution in [0.4, 0.5) is 0 Å². The van der Waals surface area contributed by atoms with Gasteiger partial charge in [0.15, 0.2) is 5.58 Å². The van der Waals surface area contributed by atoms with Crippen molar-refractivity contribution in [1.82, 2.24) is 9.88 Å². The molecule has 106 valence electrons. The average Bonchev–Trinajstić information content (AvgIpc) is 2.87. The lowest BCUT2D eigenvalue weighted by molar-refractivity contribution is -0.128. The number of hydrogen-bond donors (Lipinski definition) is 1. The Kier molecular flexibility index (Phi) is 5.20. The van der Waals surface area contributed by atoms with Gasteiger partial charge in [-0.2, -0.15) is 0 Å². The molecule has 0 fully saturated rings. The van der Waals surface area contributed by atoms with Gasteiger partial charge in [-0.05, 0) is 12.1 Å². The van der Waals surface area contributed by atoms with Crippen LogP contribution in [0.1, 0.15) is 0 Å². The van der Waals surface area contributed by atoms with E-state index in [4.69, 9.17) is 9.52 Å². The fraction of sp³-hybridized carbons (Fsp3) is 0.286. The minimum atomic E-state index is -0.0776. The van der Waals surface area contributed by atoms with Crippen molar-refractivity contribution in [3.05, 3.63) is 36.9 Å². The van der Waals surface area contributed by atoms with E-state index >= 15 is 0 Å². The predicted octanol–water partition coefficient (Wildman–Crippen LogP) is 1.93. The van der Waals surface area contributed by atoms with Crippen molar-refractivity contribution in [2.24, 2.45) is 0 Å². The van der Waals surface area contributed by atoms with Gasteiger partial charge in [-0.1, -0.05) is 30.0 Å². The van der Waals surface area contributed by atoms with E-state index < -0.39 is 0 Å². The summed E-state index contributed by atoms with van der Waals surface area (Å²) < 4.78 is 5.53. The molecule has 6 heteroatoms. The Morgan fingerprint density at radius 1 is 1.50 bits per heavy atom. The molecule has 0 bridgehead atoms. The third-order valence-corrected chi connectivity index (χ3v) is 3.48. The normalized spacial score (nSPS) is 10.7. The lowest BCUT2D eigenvalue weighted by Gasteiger charge is -2.19. The van der Waals surface area contributed by atoms with Crippen LogP contribution >= 0.6 is 11.8 Å². The van der Waals surface area contributed by atoms with Gasteiger partial charge in [-0.15, -0.1) is 6.58 Å². The molecule has 2 aromatic rings. The smallest absolute Gasteiger partial charge is 0.257 e. The summed E-state index contributed by atoms with van der Waals surface area (Å²) in [6, 6.07) is 7.46. The maximum Gasteiger partial charge on any atom is 0.257 e. The van der Waals surface area contributed by atoms with Crippen molar-refractivity contribution < 1.29 is 14.3 Å². The summed E-state index contributed by atoms with van der Waals surface area (Å²) in [6.07, 6.45) is 1.64. The van der Waals surface area contributed by atoms with E-state index in [0.29, 0.717) is 23.9 Å². The van der Waals surface area contributed by atoms with Crippen LogP contribution in [0.25, 0.3) is 11.1 Å². The molecular formula is C14H16N2O3S. The standard InChI is InChI=1S/C14H16N2O3S/c1-2-7-16(8-9-17)13(18)10-20-14-15-11-5-3-4-6-12(11)19-14/h2-6,17H,1,7-10H2. The predicted molar refractivity (Wildman–Crippen MR) is 78.6 cm³/mol. The van der Waals surface area contributed by atoms with Gasteiger partial charge in [0.25, 0.3) is 5.22 Å². The molecule has 0 atom stereocenters. The number of oxazole rings is 1. The molecule has 0 aliphatic rings. The number of rotatable bonds is 7. The van der Waals surface area contributed by atoms with Crippen LogP contribution in [0.2, 0.25) is 0 Å². The SMILES string of the molecule is C=CCN(CCO)C(=O)CSc1nc2ccccc2o1. The molecule has 5 nitrogen and oxygen atoms in total. The van der Waals surface area contributed by atoms with Crippen molar-refractivity contribution in [2.45, 2.75) is 5.22 Å². The Morgan fingerprint density at radius 3 is 3.00 bits per heavy atom. The number of nitrogens with zero attached hydrogens (tertiary/aromatic N) is 2. The molecule has 1 amide bonds. The first-order valence-electron chi connectivity index (χ1n) is 6.22. The summed E-state index contributed by atoms with van der Waals surface area (Å²) in [7, 11) is 0. The van der Waals surface area contributed by atoms with Crippen molar-refractivity contribution >= 4 is 28.8 Å². The van der Waals surface area contributed by atoms with E-state index in [2.05, 4.69) is 11.6 Å². The Bertz CT molecular complexity index is 564. The number of fused-ring (bicyclic) bond motifs is 1. The molecule has 1 N–H and O–H groups in total. The van der Waals surface area contributed by atoms with E-state index in [1.807, 2.05) is 24.3 Å². The fourth-order valence-electron chi connectivity index (χ4n) is 1.72. The molecule has 0 aliphatic heterocycles. The average molecular weight is 292 g/mol. The zero-order valence-electron chi connectivity index (χ0n) is 11.0. The van der Waals surface area contributed by atoms with Crippen LogP contribution in [0, 0.1) is 0 Å². The molecule has 1 aromatic carbocycles. The number of carbonyl (C=O) groups is 1. The molecule has 1 heterocycles. The monoisotopic (exact) mass is 292 g/mol. The lowest BCUT2D eigenvalue weighted by atomic mass is 10.3. The lowest BCUT2D eigenvalue weighted by Crippen LogP contribution is -2.34. The highest BCUT2D eigenvalue weighted by Crippen LogP contribution is 2.23. The summed E-state index contributed by atoms with van der Waals surface area (Å²) in [5.41, 5.74) is 1.49. The first-order chi connectivity index (χ1) is 9.74. The maximum absolute atomic E-state index is 12.0. The van der Waals surface area contributed by atoms with Gasteiger partial charge in [0.05, 0.1) is 12.4 Å². The molecule has 0 saturated carbocycles. The molecule has 0 radical (unpaired) electrons. The van der Waals surface area contributed by atoms with Crippen molar-refractivity contribution in [3.63, 3.8) is 0 Å². The van der Waals surface area contributed by atoms with Gasteiger partial charge in [0.2, 0.25) is 5.91 Å². The summed E-state index contributed by atoms with van der Waals surface area (Å²) in [6.45, 7) is 4.27. The van der Waals surface area contributed by atoms with Gasteiger partial charge in [0.1, 0.15) is 5.52 Å². The molecule has 20 heavy (non-hydrogen) atoms. The third-order valence-electron chi connectivity index (χ3n) is 2.67. The highest BCUT2D eigenvalue weighted by Gasteiger charge is 2.14. The molecule has 2 rings (SSSR count). The number of para-hydroxylation sites is 2. The number of aliphatic hydroxyl groups excluding tert-OH is 1. The highest BCUT2D eigenvalue weighted by atomic mass is 32.2. The molecule has 0 saturated heterocycles. The summed E-state index contributed by atoms with van der Waals surface area (Å²) in [5.74, 6) is 0.145. The number of aromatic nitrogens is 1. The van der Waals surface area contributed by atoms with Gasteiger partial charge >= 0.3 is 0 Å². The summed E-state index contributed by atoms with van der Waals surface area (Å²) >= 11 is 1.25. The van der Waals surface area contributed by atoms with Crippen LogP contribution in [0.5, 0.6) is 0 Å². The second kappa shape index (κ2) is 7.12. The number of hydrogen-bond acceptors (Lipinski definition) is 5. The van der Waals surface area contributed by atoms with Crippen molar-refractivity contribution in [1.29, 1.82) is 0 Å². The fourth-order valence-corrected chi connectivity index (χ4v) is 2.46. The molecule has 0 aliphatic carbocycles. The quantitative estimate of drug-likeness (QED) is 0.624. The number of aliphatic hydroxyl groups is 1. The molecule has 0 unspecified atom stereocenters. The summed E-state index contributed by atoms with van der Waals surface area (Å²) in [4.78, 5) is 17.8. The topological polar surface area (TPSA) is 66.6 Å². The minimum Gasteiger partial charge on any atom is -0.431 e. The van der Waals surface area contributed by atoms with E-state index in [-0.39, 0.29) is 18.3 Å².